The minimum Gasteiger partial charge on any atom is -0.372 e. The van der Waals surface area contributed by atoms with Gasteiger partial charge in [-0.25, -0.2) is 5.84 Å². The summed E-state index contributed by atoms with van der Waals surface area (Å²) < 4.78 is 5.73. The molecule has 0 radical (unpaired) electrons. The number of hydrogen-bond acceptors (Lipinski definition) is 4. The van der Waals surface area contributed by atoms with E-state index < -0.39 is 0 Å². The summed E-state index contributed by atoms with van der Waals surface area (Å²) >= 11 is 0. The predicted octanol–water partition coefficient (Wildman–Crippen LogP) is -0.382. The van der Waals surface area contributed by atoms with Gasteiger partial charge in [0.05, 0.1) is 18.2 Å². The predicted molar refractivity (Wildman–Crippen MR) is 55.9 cm³/mol. The van der Waals surface area contributed by atoms with Gasteiger partial charge in [0.1, 0.15) is 0 Å². The normalized spacial score (nSPS) is 32.7. The molecule has 0 aromatic carbocycles. The van der Waals surface area contributed by atoms with Crippen LogP contribution in [-0.2, 0) is 9.53 Å². The van der Waals surface area contributed by atoms with Crippen molar-refractivity contribution >= 4 is 5.91 Å². The van der Waals surface area contributed by atoms with Crippen LogP contribution in [0.15, 0.2) is 0 Å². The fraction of sp³-hybridized carbons (Fsp3) is 0.900. The van der Waals surface area contributed by atoms with E-state index in [2.05, 4.69) is 10.3 Å². The van der Waals surface area contributed by atoms with Crippen molar-refractivity contribution in [1.29, 1.82) is 0 Å². The Kier molecular flexibility index (Phi) is 3.23. The molecule has 5 nitrogen and oxygen atoms in total. The van der Waals surface area contributed by atoms with Crippen LogP contribution in [0.4, 0.5) is 0 Å². The van der Waals surface area contributed by atoms with Crippen LogP contribution in [0, 0.1) is 0 Å². The molecule has 3 unspecified atom stereocenters. The van der Waals surface area contributed by atoms with E-state index in [1.807, 2.05) is 6.92 Å². The van der Waals surface area contributed by atoms with Gasteiger partial charge in [0, 0.05) is 13.1 Å². The van der Waals surface area contributed by atoms with Gasteiger partial charge in [-0.3, -0.25) is 15.1 Å². The number of carbonyl (C=O) groups is 1. The first kappa shape index (κ1) is 10.9. The van der Waals surface area contributed by atoms with E-state index in [1.165, 1.54) is 0 Å². The lowest BCUT2D eigenvalue weighted by atomic mass is 10.1. The van der Waals surface area contributed by atoms with Crippen molar-refractivity contribution in [1.82, 2.24) is 10.3 Å². The first-order chi connectivity index (χ1) is 7.24. The quantitative estimate of drug-likeness (QED) is 0.381. The smallest absolute Gasteiger partial charge is 0.251 e. The van der Waals surface area contributed by atoms with Gasteiger partial charge in [-0.1, -0.05) is 6.92 Å². The molecule has 2 bridgehead atoms. The Morgan fingerprint density at radius 1 is 1.53 bits per heavy atom. The molecular weight excluding hydrogens is 194 g/mol. The Morgan fingerprint density at radius 2 is 2.13 bits per heavy atom. The minimum absolute atomic E-state index is 0.0844. The molecule has 15 heavy (non-hydrogen) atoms. The Morgan fingerprint density at radius 3 is 2.60 bits per heavy atom. The van der Waals surface area contributed by atoms with Crippen LogP contribution < -0.4 is 11.3 Å². The van der Waals surface area contributed by atoms with Gasteiger partial charge in [-0.05, 0) is 19.3 Å². The molecule has 3 N–H and O–H groups in total. The zero-order chi connectivity index (χ0) is 10.8. The summed E-state index contributed by atoms with van der Waals surface area (Å²) in [5.41, 5.74) is 2.24. The number of nitrogens with two attached hydrogens (primary N) is 1. The second-order valence-corrected chi connectivity index (χ2v) is 4.34. The maximum absolute atomic E-state index is 11.6. The number of ether oxygens (including phenoxy) is 1. The Bertz CT molecular complexity index is 235. The van der Waals surface area contributed by atoms with Gasteiger partial charge >= 0.3 is 0 Å². The number of nitrogens with zero attached hydrogens (tertiary/aromatic N) is 1. The van der Waals surface area contributed by atoms with Crippen molar-refractivity contribution in [2.45, 2.75) is 44.4 Å². The number of amides is 1. The van der Waals surface area contributed by atoms with Crippen LogP contribution in [0.25, 0.3) is 0 Å². The van der Waals surface area contributed by atoms with Crippen molar-refractivity contribution in [3.63, 3.8) is 0 Å². The third kappa shape index (κ3) is 2.14. The summed E-state index contributed by atoms with van der Waals surface area (Å²) in [4.78, 5) is 13.8. The standard InChI is InChI=1S/C10H19N3O2/c1-2-9(10(14)12-11)13-5-7-3-4-8(6-13)15-7/h7-9H,2-6,11H2,1H3,(H,12,14). The number of hydrogen-bond donors (Lipinski definition) is 2. The zero-order valence-corrected chi connectivity index (χ0v) is 9.11. The molecule has 0 aliphatic carbocycles. The van der Waals surface area contributed by atoms with Crippen LogP contribution in [0.2, 0.25) is 0 Å². The SMILES string of the molecule is CCC(C(=O)NN)N1CC2CCC(C1)O2. The minimum atomic E-state index is -0.0954. The van der Waals surface area contributed by atoms with Crippen molar-refractivity contribution in [3.05, 3.63) is 0 Å². The summed E-state index contributed by atoms with van der Waals surface area (Å²) in [6.45, 7) is 3.74. The second-order valence-electron chi connectivity index (χ2n) is 4.34. The maximum Gasteiger partial charge on any atom is 0.251 e. The van der Waals surface area contributed by atoms with Crippen molar-refractivity contribution in [2.24, 2.45) is 5.84 Å². The lowest BCUT2D eigenvalue weighted by Gasteiger charge is -2.36. The molecule has 86 valence electrons. The highest BCUT2D eigenvalue weighted by Gasteiger charge is 2.37. The number of hydrazine groups is 1. The highest BCUT2D eigenvalue weighted by Crippen LogP contribution is 2.27. The molecule has 3 atom stereocenters. The third-order valence-electron chi connectivity index (χ3n) is 3.34. The Balaban J connectivity index is 1.99. The van der Waals surface area contributed by atoms with E-state index in [9.17, 15) is 4.79 Å². The summed E-state index contributed by atoms with van der Waals surface area (Å²) in [5.74, 6) is 5.10. The van der Waals surface area contributed by atoms with Gasteiger partial charge in [0.25, 0.3) is 5.91 Å². The fourth-order valence-electron chi connectivity index (χ4n) is 2.61. The zero-order valence-electron chi connectivity index (χ0n) is 9.11. The van der Waals surface area contributed by atoms with Crippen molar-refractivity contribution in [3.8, 4) is 0 Å². The third-order valence-corrected chi connectivity index (χ3v) is 3.34. The first-order valence-electron chi connectivity index (χ1n) is 5.64. The molecule has 0 spiro atoms. The topological polar surface area (TPSA) is 67.6 Å². The first-order valence-corrected chi connectivity index (χ1v) is 5.64. The number of carbonyl (C=O) groups excluding carboxylic acids is 1. The molecule has 2 saturated heterocycles. The summed E-state index contributed by atoms with van der Waals surface area (Å²) in [7, 11) is 0. The highest BCUT2D eigenvalue weighted by atomic mass is 16.5. The van der Waals surface area contributed by atoms with Gasteiger partial charge in [-0.2, -0.15) is 0 Å². The van der Waals surface area contributed by atoms with Gasteiger partial charge < -0.3 is 4.74 Å². The van der Waals surface area contributed by atoms with Gasteiger partial charge in [-0.15, -0.1) is 0 Å². The number of likely N-dealkylation sites (tertiary alicyclic amines) is 1. The Hall–Kier alpha value is -0.650. The van der Waals surface area contributed by atoms with E-state index >= 15 is 0 Å². The fourth-order valence-corrected chi connectivity index (χ4v) is 2.61. The van der Waals surface area contributed by atoms with Crippen LogP contribution in [0.5, 0.6) is 0 Å². The van der Waals surface area contributed by atoms with Crippen LogP contribution in [-0.4, -0.2) is 42.1 Å². The molecule has 2 aliphatic rings. The van der Waals surface area contributed by atoms with Gasteiger partial charge in [0.2, 0.25) is 0 Å². The number of rotatable bonds is 3. The molecule has 5 heteroatoms. The van der Waals surface area contributed by atoms with E-state index in [4.69, 9.17) is 10.6 Å². The van der Waals surface area contributed by atoms with E-state index in [0.717, 1.165) is 32.4 Å². The highest BCUT2D eigenvalue weighted by molar-refractivity contribution is 5.81. The van der Waals surface area contributed by atoms with Crippen LogP contribution in [0.3, 0.4) is 0 Å². The largest absolute Gasteiger partial charge is 0.372 e. The molecule has 2 fully saturated rings. The van der Waals surface area contributed by atoms with Crippen molar-refractivity contribution in [2.75, 3.05) is 13.1 Å². The van der Waals surface area contributed by atoms with Crippen LogP contribution >= 0.6 is 0 Å². The number of morpholine rings is 1. The molecular formula is C10H19N3O2. The van der Waals surface area contributed by atoms with Crippen LogP contribution in [0.1, 0.15) is 26.2 Å². The Labute approximate surface area is 89.9 Å². The molecule has 0 saturated carbocycles. The molecule has 2 heterocycles. The average molecular weight is 213 g/mol. The summed E-state index contributed by atoms with van der Waals surface area (Å²) in [5, 5.41) is 0. The molecule has 2 rings (SSSR count). The lowest BCUT2D eigenvalue weighted by Crippen LogP contribution is -2.54. The second kappa shape index (κ2) is 4.47. The number of nitrogens with one attached hydrogen (secondary N) is 1. The molecule has 2 aliphatic heterocycles. The van der Waals surface area contributed by atoms with Crippen molar-refractivity contribution < 1.29 is 9.53 Å². The van der Waals surface area contributed by atoms with E-state index in [0.29, 0.717) is 12.2 Å². The monoisotopic (exact) mass is 213 g/mol. The molecule has 0 aromatic heterocycles. The summed E-state index contributed by atoms with van der Waals surface area (Å²) in [6, 6.07) is -0.0954. The average Bonchev–Trinajstić information content (AvgIpc) is 2.59. The molecule has 1 amide bonds. The summed E-state index contributed by atoms with van der Waals surface area (Å²) in [6.07, 6.45) is 3.69. The molecule has 0 aromatic rings. The van der Waals surface area contributed by atoms with E-state index in [-0.39, 0.29) is 11.9 Å². The van der Waals surface area contributed by atoms with E-state index in [1.54, 1.807) is 0 Å². The van der Waals surface area contributed by atoms with Gasteiger partial charge in [0.15, 0.2) is 0 Å². The maximum atomic E-state index is 11.6. The number of fused-ring (bicyclic) bond motifs is 2. The lowest BCUT2D eigenvalue weighted by molar-refractivity contribution is -0.130.